The van der Waals surface area contributed by atoms with Crippen LogP contribution >= 0.6 is 0 Å². The van der Waals surface area contributed by atoms with Crippen molar-refractivity contribution in [2.75, 3.05) is 36.4 Å². The van der Waals surface area contributed by atoms with E-state index in [0.717, 1.165) is 36.0 Å². The third-order valence-corrected chi connectivity index (χ3v) is 4.53. The Morgan fingerprint density at radius 2 is 1.88 bits per heavy atom. The Hall–Kier alpha value is -2.57. The number of anilines is 2. The zero-order valence-corrected chi connectivity index (χ0v) is 14.7. The average Bonchev–Trinajstić information content (AvgIpc) is 2.81. The zero-order valence-electron chi connectivity index (χ0n) is 14.7. The Morgan fingerprint density at radius 3 is 2.46 bits per heavy atom. The molecule has 24 heavy (non-hydrogen) atoms. The standard InChI is InChI=1S/C17H24N6O/c1-12-5-6-18-15(11-12)22-7-9-23(10-8-22)17(24)19-16-13(2)20-21(4)14(16)3/h5-6,11H,7-10H2,1-4H3,(H,19,24). The summed E-state index contributed by atoms with van der Waals surface area (Å²) >= 11 is 0. The number of pyridine rings is 1. The second kappa shape index (κ2) is 6.51. The highest BCUT2D eigenvalue weighted by atomic mass is 16.2. The molecule has 2 amide bonds. The second-order valence-corrected chi connectivity index (χ2v) is 6.27. The van der Waals surface area contributed by atoms with Crippen LogP contribution in [0.3, 0.4) is 0 Å². The van der Waals surface area contributed by atoms with E-state index in [0.29, 0.717) is 13.1 Å². The monoisotopic (exact) mass is 328 g/mol. The van der Waals surface area contributed by atoms with Gasteiger partial charge in [0.15, 0.2) is 0 Å². The van der Waals surface area contributed by atoms with Crippen LogP contribution in [0.5, 0.6) is 0 Å². The van der Waals surface area contributed by atoms with Gasteiger partial charge in [-0.1, -0.05) is 0 Å². The summed E-state index contributed by atoms with van der Waals surface area (Å²) in [6, 6.07) is 4.01. The molecular formula is C17H24N6O. The third kappa shape index (κ3) is 3.20. The largest absolute Gasteiger partial charge is 0.353 e. The Balaban J connectivity index is 1.61. The first-order chi connectivity index (χ1) is 11.5. The summed E-state index contributed by atoms with van der Waals surface area (Å²) in [4.78, 5) is 21.0. The van der Waals surface area contributed by atoms with Crippen molar-refractivity contribution in [3.63, 3.8) is 0 Å². The van der Waals surface area contributed by atoms with Gasteiger partial charge in [0, 0.05) is 39.4 Å². The van der Waals surface area contributed by atoms with Gasteiger partial charge in [-0.2, -0.15) is 5.10 Å². The summed E-state index contributed by atoms with van der Waals surface area (Å²) in [5.74, 6) is 0.981. The molecule has 7 nitrogen and oxygen atoms in total. The highest BCUT2D eigenvalue weighted by molar-refractivity contribution is 5.90. The summed E-state index contributed by atoms with van der Waals surface area (Å²) < 4.78 is 1.78. The van der Waals surface area contributed by atoms with Crippen LogP contribution in [-0.4, -0.2) is 51.9 Å². The van der Waals surface area contributed by atoms with Crippen LogP contribution in [0, 0.1) is 20.8 Å². The van der Waals surface area contributed by atoms with Crippen molar-refractivity contribution >= 4 is 17.5 Å². The number of hydrogen-bond donors (Lipinski definition) is 1. The number of piperazine rings is 1. The van der Waals surface area contributed by atoms with Gasteiger partial charge in [0.05, 0.1) is 17.1 Å². The zero-order chi connectivity index (χ0) is 17.3. The van der Waals surface area contributed by atoms with Gasteiger partial charge in [-0.05, 0) is 38.5 Å². The van der Waals surface area contributed by atoms with Crippen molar-refractivity contribution in [3.8, 4) is 0 Å². The van der Waals surface area contributed by atoms with E-state index in [-0.39, 0.29) is 6.03 Å². The molecule has 0 aromatic carbocycles. The summed E-state index contributed by atoms with van der Waals surface area (Å²) in [5.41, 5.74) is 3.81. The van der Waals surface area contributed by atoms with Gasteiger partial charge in [0.2, 0.25) is 0 Å². The Kier molecular flexibility index (Phi) is 4.42. The van der Waals surface area contributed by atoms with Crippen molar-refractivity contribution < 1.29 is 4.79 Å². The van der Waals surface area contributed by atoms with Crippen LogP contribution in [0.1, 0.15) is 17.0 Å². The third-order valence-electron chi connectivity index (χ3n) is 4.53. The molecule has 0 saturated carbocycles. The van der Waals surface area contributed by atoms with Gasteiger partial charge < -0.3 is 15.1 Å². The smallest absolute Gasteiger partial charge is 0.322 e. The van der Waals surface area contributed by atoms with Crippen molar-refractivity contribution in [3.05, 3.63) is 35.3 Å². The van der Waals surface area contributed by atoms with Gasteiger partial charge in [0.25, 0.3) is 0 Å². The molecule has 3 heterocycles. The first-order valence-electron chi connectivity index (χ1n) is 8.19. The molecule has 0 unspecified atom stereocenters. The summed E-state index contributed by atoms with van der Waals surface area (Å²) in [6.07, 6.45) is 1.83. The van der Waals surface area contributed by atoms with Crippen LogP contribution in [-0.2, 0) is 7.05 Å². The number of carbonyl (C=O) groups excluding carboxylic acids is 1. The van der Waals surface area contributed by atoms with E-state index in [9.17, 15) is 4.79 Å². The Morgan fingerprint density at radius 1 is 1.17 bits per heavy atom. The maximum Gasteiger partial charge on any atom is 0.322 e. The lowest BCUT2D eigenvalue weighted by Crippen LogP contribution is -2.50. The molecule has 0 radical (unpaired) electrons. The number of nitrogens with one attached hydrogen (secondary N) is 1. The highest BCUT2D eigenvalue weighted by Crippen LogP contribution is 2.20. The average molecular weight is 328 g/mol. The molecule has 0 spiro atoms. The maximum absolute atomic E-state index is 12.5. The number of rotatable bonds is 2. The summed E-state index contributed by atoms with van der Waals surface area (Å²) in [6.45, 7) is 8.86. The minimum absolute atomic E-state index is 0.0638. The van der Waals surface area contributed by atoms with Crippen LogP contribution in [0.4, 0.5) is 16.3 Å². The predicted octanol–water partition coefficient (Wildman–Crippen LogP) is 2.09. The molecule has 1 aliphatic heterocycles. The minimum Gasteiger partial charge on any atom is -0.353 e. The van der Waals surface area contributed by atoms with Gasteiger partial charge in [-0.25, -0.2) is 9.78 Å². The molecule has 1 fully saturated rings. The molecule has 2 aromatic heterocycles. The fraction of sp³-hybridized carbons (Fsp3) is 0.471. The van der Waals surface area contributed by atoms with Gasteiger partial charge in [-0.15, -0.1) is 0 Å². The molecular weight excluding hydrogens is 304 g/mol. The molecule has 3 rings (SSSR count). The summed E-state index contributed by atoms with van der Waals surface area (Å²) in [7, 11) is 1.88. The van der Waals surface area contributed by atoms with Crippen molar-refractivity contribution in [2.45, 2.75) is 20.8 Å². The lowest BCUT2D eigenvalue weighted by Gasteiger charge is -2.35. The van der Waals surface area contributed by atoms with Gasteiger partial charge in [0.1, 0.15) is 5.82 Å². The van der Waals surface area contributed by atoms with Crippen molar-refractivity contribution in [1.29, 1.82) is 0 Å². The highest BCUT2D eigenvalue weighted by Gasteiger charge is 2.23. The predicted molar refractivity (Wildman–Crippen MR) is 94.5 cm³/mol. The first-order valence-corrected chi connectivity index (χ1v) is 8.19. The second-order valence-electron chi connectivity index (χ2n) is 6.27. The molecule has 0 atom stereocenters. The lowest BCUT2D eigenvalue weighted by atomic mass is 10.2. The van der Waals surface area contributed by atoms with Gasteiger partial charge >= 0.3 is 6.03 Å². The molecule has 1 saturated heterocycles. The van der Waals surface area contributed by atoms with E-state index in [1.54, 1.807) is 4.68 Å². The van der Waals surface area contributed by atoms with Crippen molar-refractivity contribution in [2.24, 2.45) is 7.05 Å². The SMILES string of the molecule is Cc1ccnc(N2CCN(C(=O)Nc3c(C)nn(C)c3C)CC2)c1. The summed E-state index contributed by atoms with van der Waals surface area (Å²) in [5, 5.41) is 7.34. The Labute approximate surface area is 142 Å². The molecule has 0 aliphatic carbocycles. The van der Waals surface area contributed by atoms with Crippen LogP contribution in [0.25, 0.3) is 0 Å². The molecule has 128 valence electrons. The molecule has 2 aromatic rings. The van der Waals surface area contributed by atoms with E-state index in [4.69, 9.17) is 0 Å². The number of aromatic nitrogens is 3. The number of carbonyl (C=O) groups is 1. The normalized spacial score (nSPS) is 14.8. The number of hydrogen-bond acceptors (Lipinski definition) is 4. The van der Waals surface area contributed by atoms with E-state index in [1.807, 2.05) is 38.1 Å². The van der Waals surface area contributed by atoms with Gasteiger partial charge in [-0.3, -0.25) is 4.68 Å². The van der Waals surface area contributed by atoms with Crippen LogP contribution < -0.4 is 10.2 Å². The fourth-order valence-electron chi connectivity index (χ4n) is 2.97. The Bertz CT molecular complexity index is 746. The number of urea groups is 1. The van der Waals surface area contributed by atoms with E-state index < -0.39 is 0 Å². The van der Waals surface area contributed by atoms with E-state index in [1.165, 1.54) is 5.56 Å². The number of nitrogens with zero attached hydrogens (tertiary/aromatic N) is 5. The molecule has 1 N–H and O–H groups in total. The maximum atomic E-state index is 12.5. The number of aryl methyl sites for hydroxylation is 3. The van der Waals surface area contributed by atoms with Crippen molar-refractivity contribution in [1.82, 2.24) is 19.7 Å². The quantitative estimate of drug-likeness (QED) is 0.917. The minimum atomic E-state index is -0.0638. The van der Waals surface area contributed by atoms with Crippen LogP contribution in [0.2, 0.25) is 0 Å². The fourth-order valence-corrected chi connectivity index (χ4v) is 2.97. The number of amides is 2. The van der Waals surface area contributed by atoms with Crippen LogP contribution in [0.15, 0.2) is 18.3 Å². The van der Waals surface area contributed by atoms with E-state index in [2.05, 4.69) is 33.3 Å². The lowest BCUT2D eigenvalue weighted by molar-refractivity contribution is 0.208. The van der Waals surface area contributed by atoms with E-state index >= 15 is 0 Å². The first kappa shape index (κ1) is 16.3. The molecule has 1 aliphatic rings. The topological polar surface area (TPSA) is 66.3 Å². The molecule has 0 bridgehead atoms. The molecule has 7 heteroatoms.